The van der Waals surface area contributed by atoms with E-state index >= 15 is 0 Å². The second-order valence-corrected chi connectivity index (χ2v) is 7.35. The highest BCUT2D eigenvalue weighted by Gasteiger charge is 2.33. The maximum absolute atomic E-state index is 12.7. The molecular weight excluding hydrogens is 362 g/mol. The number of H-pyrrole nitrogens is 1. The first-order valence-corrected chi connectivity index (χ1v) is 9.32. The average Bonchev–Trinajstić information content (AvgIpc) is 3.20. The van der Waals surface area contributed by atoms with Crippen LogP contribution in [0.25, 0.3) is 10.9 Å². The summed E-state index contributed by atoms with van der Waals surface area (Å²) in [6.07, 6.45) is 2.70. The van der Waals surface area contributed by atoms with E-state index in [-0.39, 0.29) is 18.2 Å². The summed E-state index contributed by atoms with van der Waals surface area (Å²) in [6.45, 7) is 2.61. The van der Waals surface area contributed by atoms with Crippen LogP contribution in [0.1, 0.15) is 17.5 Å². The maximum Gasteiger partial charge on any atom is 0.249 e. The predicted octanol–water partition coefficient (Wildman–Crippen LogP) is 3.59. The third-order valence-electron chi connectivity index (χ3n) is 4.95. The number of aromatic amines is 1. The van der Waals surface area contributed by atoms with Gasteiger partial charge in [0.25, 0.3) is 0 Å². The second kappa shape index (κ2) is 7.08. The number of rotatable bonds is 4. The number of benzene rings is 2. The Hall–Kier alpha value is -2.79. The van der Waals surface area contributed by atoms with Gasteiger partial charge in [0, 0.05) is 34.4 Å². The van der Waals surface area contributed by atoms with Gasteiger partial charge in [0.05, 0.1) is 6.42 Å². The van der Waals surface area contributed by atoms with Crippen LogP contribution in [0.4, 0.5) is 5.69 Å². The SMILES string of the molecule is Cc1ccc2c(CC(=O)NC3CCN(c4ccc(Cl)cc4)C3=O)c[nH]c2c1. The van der Waals surface area contributed by atoms with Crippen LogP contribution in [0.3, 0.4) is 0 Å². The van der Waals surface area contributed by atoms with E-state index in [1.54, 1.807) is 17.0 Å². The monoisotopic (exact) mass is 381 g/mol. The van der Waals surface area contributed by atoms with Crippen LogP contribution in [-0.2, 0) is 16.0 Å². The van der Waals surface area contributed by atoms with Crippen LogP contribution in [0, 0.1) is 6.92 Å². The molecule has 1 aliphatic rings. The average molecular weight is 382 g/mol. The molecule has 0 spiro atoms. The molecule has 27 heavy (non-hydrogen) atoms. The molecule has 1 atom stereocenters. The van der Waals surface area contributed by atoms with Gasteiger partial charge in [-0.1, -0.05) is 23.7 Å². The molecule has 2 amide bonds. The van der Waals surface area contributed by atoms with Crippen molar-refractivity contribution in [2.45, 2.75) is 25.8 Å². The summed E-state index contributed by atoms with van der Waals surface area (Å²) in [5.41, 5.74) is 3.92. The summed E-state index contributed by atoms with van der Waals surface area (Å²) in [5.74, 6) is -0.229. The lowest BCUT2D eigenvalue weighted by Gasteiger charge is -2.17. The highest BCUT2D eigenvalue weighted by Crippen LogP contribution is 2.24. The highest BCUT2D eigenvalue weighted by atomic mass is 35.5. The largest absolute Gasteiger partial charge is 0.361 e. The minimum atomic E-state index is -0.486. The molecule has 6 heteroatoms. The summed E-state index contributed by atoms with van der Waals surface area (Å²) >= 11 is 5.91. The van der Waals surface area contributed by atoms with Crippen LogP contribution < -0.4 is 10.2 Å². The second-order valence-electron chi connectivity index (χ2n) is 6.91. The van der Waals surface area contributed by atoms with Crippen molar-refractivity contribution in [2.24, 2.45) is 0 Å². The molecule has 3 aromatic rings. The normalized spacial score (nSPS) is 16.9. The topological polar surface area (TPSA) is 65.2 Å². The van der Waals surface area contributed by atoms with Gasteiger partial charge in [-0.05, 0) is 54.8 Å². The zero-order valence-corrected chi connectivity index (χ0v) is 15.7. The number of fused-ring (bicyclic) bond motifs is 1. The zero-order chi connectivity index (χ0) is 19.0. The molecule has 2 aromatic carbocycles. The Bertz CT molecular complexity index is 1010. The van der Waals surface area contributed by atoms with Gasteiger partial charge in [0.2, 0.25) is 11.8 Å². The minimum Gasteiger partial charge on any atom is -0.361 e. The van der Waals surface area contributed by atoms with Crippen molar-refractivity contribution in [1.29, 1.82) is 0 Å². The molecule has 0 bridgehead atoms. The number of aromatic nitrogens is 1. The first-order valence-electron chi connectivity index (χ1n) is 8.94. The predicted molar refractivity (Wildman–Crippen MR) is 107 cm³/mol. The lowest BCUT2D eigenvalue weighted by molar-refractivity contribution is -0.126. The quantitative estimate of drug-likeness (QED) is 0.725. The third-order valence-corrected chi connectivity index (χ3v) is 5.20. The maximum atomic E-state index is 12.7. The van der Waals surface area contributed by atoms with E-state index < -0.39 is 6.04 Å². The number of anilines is 1. The van der Waals surface area contributed by atoms with Crippen LogP contribution in [0.2, 0.25) is 5.02 Å². The fourth-order valence-electron chi connectivity index (χ4n) is 3.56. The summed E-state index contributed by atoms with van der Waals surface area (Å²) in [5, 5.41) is 4.55. The molecular formula is C21H20ClN3O2. The smallest absolute Gasteiger partial charge is 0.249 e. The number of halogens is 1. The molecule has 4 rings (SSSR count). The van der Waals surface area contributed by atoms with E-state index in [0.717, 1.165) is 22.2 Å². The number of nitrogens with one attached hydrogen (secondary N) is 2. The van der Waals surface area contributed by atoms with Crippen LogP contribution in [0.15, 0.2) is 48.7 Å². The molecule has 5 nitrogen and oxygen atoms in total. The Balaban J connectivity index is 1.42. The van der Waals surface area contributed by atoms with Crippen LogP contribution >= 0.6 is 11.6 Å². The fourth-order valence-corrected chi connectivity index (χ4v) is 3.68. The van der Waals surface area contributed by atoms with Crippen molar-refractivity contribution in [2.75, 3.05) is 11.4 Å². The number of hydrogen-bond acceptors (Lipinski definition) is 2. The van der Waals surface area contributed by atoms with Gasteiger partial charge in [-0.25, -0.2) is 0 Å². The van der Waals surface area contributed by atoms with Crippen LogP contribution in [-0.4, -0.2) is 29.4 Å². The molecule has 0 saturated carbocycles. The van der Waals surface area contributed by atoms with Gasteiger partial charge in [0.1, 0.15) is 6.04 Å². The van der Waals surface area contributed by atoms with Crippen LogP contribution in [0.5, 0.6) is 0 Å². The standard InChI is InChI=1S/C21H20ClN3O2/c1-13-2-7-17-14(12-23-19(17)10-13)11-20(26)24-18-8-9-25(21(18)27)16-5-3-15(22)4-6-16/h2-7,10,12,18,23H,8-9,11H2,1H3,(H,24,26). The summed E-state index contributed by atoms with van der Waals surface area (Å²) in [4.78, 5) is 30.0. The molecule has 1 saturated heterocycles. The molecule has 1 fully saturated rings. The van der Waals surface area contributed by atoms with Crippen molar-refractivity contribution < 1.29 is 9.59 Å². The molecule has 0 aliphatic carbocycles. The molecule has 0 radical (unpaired) electrons. The first kappa shape index (κ1) is 17.6. The number of hydrogen-bond donors (Lipinski definition) is 2. The Morgan fingerprint density at radius 1 is 1.26 bits per heavy atom. The summed E-state index contributed by atoms with van der Waals surface area (Å²) < 4.78 is 0. The van der Waals surface area contributed by atoms with E-state index in [0.29, 0.717) is 18.0 Å². The number of nitrogens with zero attached hydrogens (tertiary/aromatic N) is 1. The molecule has 1 unspecified atom stereocenters. The van der Waals surface area contributed by atoms with Crippen molar-refractivity contribution in [3.63, 3.8) is 0 Å². The zero-order valence-electron chi connectivity index (χ0n) is 15.0. The Labute approximate surface area is 162 Å². The number of aryl methyl sites for hydroxylation is 1. The van der Waals surface area contributed by atoms with E-state index in [4.69, 9.17) is 11.6 Å². The molecule has 1 aliphatic heterocycles. The Morgan fingerprint density at radius 2 is 2.04 bits per heavy atom. The fraction of sp³-hybridized carbons (Fsp3) is 0.238. The molecule has 2 heterocycles. The van der Waals surface area contributed by atoms with Crippen molar-refractivity contribution in [3.05, 3.63) is 64.8 Å². The van der Waals surface area contributed by atoms with Gasteiger partial charge >= 0.3 is 0 Å². The van der Waals surface area contributed by atoms with Gasteiger partial charge in [0.15, 0.2) is 0 Å². The summed E-state index contributed by atoms with van der Waals surface area (Å²) in [6, 6.07) is 12.8. The number of carbonyl (C=O) groups excluding carboxylic acids is 2. The number of amides is 2. The molecule has 138 valence electrons. The molecule has 2 N–H and O–H groups in total. The first-order chi connectivity index (χ1) is 13.0. The lowest BCUT2D eigenvalue weighted by Crippen LogP contribution is -2.42. The minimum absolute atomic E-state index is 0.0831. The van der Waals surface area contributed by atoms with Gasteiger partial charge in [-0.3, -0.25) is 9.59 Å². The van der Waals surface area contributed by atoms with Crippen molar-refractivity contribution in [3.8, 4) is 0 Å². The third kappa shape index (κ3) is 3.55. The van der Waals surface area contributed by atoms with Crippen molar-refractivity contribution >= 4 is 40.0 Å². The Kier molecular flexibility index (Phi) is 4.62. The van der Waals surface area contributed by atoms with Gasteiger partial charge in [-0.2, -0.15) is 0 Å². The lowest BCUT2D eigenvalue weighted by atomic mass is 10.1. The van der Waals surface area contributed by atoms with Crippen molar-refractivity contribution in [1.82, 2.24) is 10.3 Å². The van der Waals surface area contributed by atoms with E-state index in [2.05, 4.69) is 16.4 Å². The Morgan fingerprint density at radius 3 is 2.81 bits per heavy atom. The molecule has 1 aromatic heterocycles. The number of carbonyl (C=O) groups is 2. The van der Waals surface area contributed by atoms with Gasteiger partial charge in [-0.15, -0.1) is 0 Å². The van der Waals surface area contributed by atoms with E-state index in [9.17, 15) is 9.59 Å². The van der Waals surface area contributed by atoms with E-state index in [1.807, 2.05) is 37.4 Å². The van der Waals surface area contributed by atoms with E-state index in [1.165, 1.54) is 5.56 Å². The highest BCUT2D eigenvalue weighted by molar-refractivity contribution is 6.30. The van der Waals surface area contributed by atoms with Gasteiger partial charge < -0.3 is 15.2 Å². The summed E-state index contributed by atoms with van der Waals surface area (Å²) in [7, 11) is 0.